The van der Waals surface area contributed by atoms with Crippen LogP contribution in [0.15, 0.2) is 23.1 Å². The number of carbonyl (C=O) groups excluding carboxylic acids is 2. The molecule has 0 saturated carbocycles. The van der Waals surface area contributed by atoms with Crippen molar-refractivity contribution >= 4 is 21.8 Å². The van der Waals surface area contributed by atoms with Gasteiger partial charge in [-0.1, -0.05) is 6.92 Å². The molecule has 1 saturated heterocycles. The van der Waals surface area contributed by atoms with Crippen LogP contribution in [0.3, 0.4) is 0 Å². The third-order valence-corrected chi connectivity index (χ3v) is 6.94. The van der Waals surface area contributed by atoms with Gasteiger partial charge in [0, 0.05) is 18.7 Å². The molecule has 2 N–H and O–H groups in total. The predicted octanol–water partition coefficient (Wildman–Crippen LogP) is 0.970. The second-order valence-electron chi connectivity index (χ2n) is 6.93. The van der Waals surface area contributed by atoms with Gasteiger partial charge < -0.3 is 10.6 Å². The number of piperidine rings is 1. The van der Waals surface area contributed by atoms with Crippen LogP contribution in [0.2, 0.25) is 0 Å². The Hall–Kier alpha value is -1.93. The van der Waals surface area contributed by atoms with Crippen molar-refractivity contribution < 1.29 is 18.0 Å². The van der Waals surface area contributed by atoms with Gasteiger partial charge in [0.05, 0.1) is 5.56 Å². The minimum Gasteiger partial charge on any atom is -0.351 e. The van der Waals surface area contributed by atoms with Crippen molar-refractivity contribution in [2.45, 2.75) is 31.6 Å². The smallest absolute Gasteiger partial charge is 0.268 e. The molecule has 0 radical (unpaired) electrons. The molecule has 2 aliphatic rings. The van der Waals surface area contributed by atoms with Gasteiger partial charge in [0.15, 0.2) is 0 Å². The predicted molar refractivity (Wildman–Crippen MR) is 92.9 cm³/mol. The first-order valence-corrected chi connectivity index (χ1v) is 9.92. The van der Waals surface area contributed by atoms with E-state index < -0.39 is 15.9 Å². The molecule has 1 aromatic carbocycles. The van der Waals surface area contributed by atoms with Crippen LogP contribution in [-0.2, 0) is 10.0 Å². The van der Waals surface area contributed by atoms with Crippen LogP contribution in [0.4, 0.5) is 0 Å². The summed E-state index contributed by atoms with van der Waals surface area (Å²) in [6.45, 7) is 6.21. The lowest BCUT2D eigenvalue weighted by atomic mass is 9.81. The minimum atomic E-state index is -3.85. The fourth-order valence-electron chi connectivity index (χ4n) is 3.33. The minimum absolute atomic E-state index is 0.0404. The van der Waals surface area contributed by atoms with Crippen LogP contribution in [0.5, 0.6) is 0 Å². The first-order valence-electron chi connectivity index (χ1n) is 8.48. The van der Waals surface area contributed by atoms with Gasteiger partial charge in [0.2, 0.25) is 0 Å². The summed E-state index contributed by atoms with van der Waals surface area (Å²) in [5, 5.41) is 6.20. The van der Waals surface area contributed by atoms with Crippen molar-refractivity contribution in [3.05, 3.63) is 29.3 Å². The van der Waals surface area contributed by atoms with Gasteiger partial charge in [-0.05, 0) is 56.5 Å². The molecule has 0 unspecified atom stereocenters. The van der Waals surface area contributed by atoms with E-state index in [9.17, 15) is 18.0 Å². The van der Waals surface area contributed by atoms with Crippen LogP contribution in [0.25, 0.3) is 0 Å². The van der Waals surface area contributed by atoms with Gasteiger partial charge in [-0.3, -0.25) is 9.59 Å². The Morgan fingerprint density at radius 1 is 1.32 bits per heavy atom. The number of rotatable bonds is 4. The zero-order valence-electron chi connectivity index (χ0n) is 14.5. The number of hydrogen-bond acceptors (Lipinski definition) is 5. The molecule has 1 fully saturated rings. The fourth-order valence-corrected chi connectivity index (χ4v) is 4.94. The van der Waals surface area contributed by atoms with Gasteiger partial charge in [-0.25, -0.2) is 12.7 Å². The maximum atomic E-state index is 12.5. The number of amides is 2. The van der Waals surface area contributed by atoms with Crippen molar-refractivity contribution in [3.63, 3.8) is 0 Å². The van der Waals surface area contributed by atoms with Gasteiger partial charge in [0.1, 0.15) is 4.90 Å². The Morgan fingerprint density at radius 2 is 2.00 bits per heavy atom. The van der Waals surface area contributed by atoms with Crippen LogP contribution >= 0.6 is 0 Å². The van der Waals surface area contributed by atoms with E-state index in [4.69, 9.17) is 0 Å². The third kappa shape index (κ3) is 3.16. The molecule has 3 rings (SSSR count). The van der Waals surface area contributed by atoms with Crippen LogP contribution in [0, 0.1) is 5.41 Å². The summed E-state index contributed by atoms with van der Waals surface area (Å²) < 4.78 is 25.7. The monoisotopic (exact) mass is 365 g/mol. The summed E-state index contributed by atoms with van der Waals surface area (Å²) in [4.78, 5) is 24.5. The molecule has 7 nitrogen and oxygen atoms in total. The molecule has 0 spiro atoms. The Kier molecular flexibility index (Phi) is 4.59. The number of nitrogens with zero attached hydrogens (tertiary/aromatic N) is 1. The average Bonchev–Trinajstić information content (AvgIpc) is 2.79. The number of carbonyl (C=O) groups is 2. The maximum absolute atomic E-state index is 12.5. The summed E-state index contributed by atoms with van der Waals surface area (Å²) in [5.74, 6) is -0.855. The van der Waals surface area contributed by atoms with Crippen molar-refractivity contribution in [3.8, 4) is 0 Å². The Morgan fingerprint density at radius 3 is 2.64 bits per heavy atom. The lowest BCUT2D eigenvalue weighted by Crippen LogP contribution is -2.42. The van der Waals surface area contributed by atoms with E-state index in [1.54, 1.807) is 6.92 Å². The van der Waals surface area contributed by atoms with Crippen LogP contribution < -0.4 is 10.6 Å². The number of benzene rings is 1. The zero-order chi connectivity index (χ0) is 18.2. The van der Waals surface area contributed by atoms with E-state index in [1.165, 1.54) is 18.2 Å². The van der Waals surface area contributed by atoms with Crippen molar-refractivity contribution in [1.29, 1.82) is 0 Å². The average molecular weight is 365 g/mol. The molecule has 2 amide bonds. The number of hydrogen-bond donors (Lipinski definition) is 2. The first-order chi connectivity index (χ1) is 11.8. The van der Waals surface area contributed by atoms with E-state index in [0.29, 0.717) is 6.54 Å². The highest BCUT2D eigenvalue weighted by Gasteiger charge is 2.40. The molecular weight excluding hydrogens is 342 g/mol. The summed E-state index contributed by atoms with van der Waals surface area (Å²) in [6.07, 6.45) is 1.96. The number of sulfonamides is 1. The lowest BCUT2D eigenvalue weighted by Gasteiger charge is -2.34. The molecule has 2 aliphatic heterocycles. The molecule has 2 heterocycles. The lowest BCUT2D eigenvalue weighted by molar-refractivity contribution is 0.0873. The van der Waals surface area contributed by atoms with E-state index in [1.807, 2.05) is 0 Å². The summed E-state index contributed by atoms with van der Waals surface area (Å²) >= 11 is 0. The maximum Gasteiger partial charge on any atom is 0.268 e. The summed E-state index contributed by atoms with van der Waals surface area (Å²) in [5.41, 5.74) is 0.424. The molecule has 8 heteroatoms. The first kappa shape index (κ1) is 17.9. The normalized spacial score (nSPS) is 21.0. The molecular formula is C17H23N3O4S. The van der Waals surface area contributed by atoms with Crippen LogP contribution in [0.1, 0.15) is 47.4 Å². The zero-order valence-corrected chi connectivity index (χ0v) is 15.3. The van der Waals surface area contributed by atoms with Crippen molar-refractivity contribution in [2.75, 3.05) is 26.2 Å². The summed E-state index contributed by atoms with van der Waals surface area (Å²) in [7, 11) is -3.85. The topological polar surface area (TPSA) is 95.6 Å². The molecule has 0 aliphatic carbocycles. The second kappa shape index (κ2) is 6.42. The fraction of sp³-hybridized carbons (Fsp3) is 0.529. The van der Waals surface area contributed by atoms with E-state index >= 15 is 0 Å². The van der Waals surface area contributed by atoms with Crippen molar-refractivity contribution in [2.24, 2.45) is 5.41 Å². The SMILES string of the molecule is CCN1C(=O)c2ccc(C(=O)NCC3(C)CCNCC3)cc2S1(=O)=O. The van der Waals surface area contributed by atoms with Gasteiger partial charge in [0.25, 0.3) is 21.8 Å². The molecule has 0 atom stereocenters. The third-order valence-electron chi connectivity index (χ3n) is 5.04. The highest BCUT2D eigenvalue weighted by molar-refractivity contribution is 7.90. The van der Waals surface area contributed by atoms with Crippen molar-refractivity contribution in [1.82, 2.24) is 14.9 Å². The largest absolute Gasteiger partial charge is 0.351 e. The molecule has 1 aromatic rings. The summed E-state index contributed by atoms with van der Waals surface area (Å²) in [6, 6.07) is 4.23. The highest BCUT2D eigenvalue weighted by atomic mass is 32.2. The Balaban J connectivity index is 1.79. The quantitative estimate of drug-likeness (QED) is 0.829. The molecule has 0 bridgehead atoms. The number of nitrogens with one attached hydrogen (secondary N) is 2. The highest BCUT2D eigenvalue weighted by Crippen LogP contribution is 2.31. The molecule has 0 aromatic heterocycles. The standard InChI is InChI=1S/C17H23N3O4S/c1-3-20-16(22)13-5-4-12(10-14(13)25(20,23)24)15(21)19-11-17(2)6-8-18-9-7-17/h4-5,10,18H,3,6-9,11H2,1-2H3,(H,19,21). The van der Waals surface area contributed by atoms with E-state index in [-0.39, 0.29) is 33.9 Å². The van der Waals surface area contributed by atoms with Gasteiger partial charge >= 0.3 is 0 Å². The van der Waals surface area contributed by atoms with E-state index in [0.717, 1.165) is 30.2 Å². The van der Waals surface area contributed by atoms with Gasteiger partial charge in [-0.2, -0.15) is 0 Å². The Labute approximate surface area is 147 Å². The Bertz CT molecular complexity index is 813. The van der Waals surface area contributed by atoms with Crippen LogP contribution in [-0.4, -0.2) is 50.7 Å². The molecule has 136 valence electrons. The second-order valence-corrected chi connectivity index (χ2v) is 8.76. The number of fused-ring (bicyclic) bond motifs is 1. The van der Waals surface area contributed by atoms with Gasteiger partial charge in [-0.15, -0.1) is 0 Å². The molecule has 25 heavy (non-hydrogen) atoms. The van der Waals surface area contributed by atoms with E-state index in [2.05, 4.69) is 17.6 Å².